The summed E-state index contributed by atoms with van der Waals surface area (Å²) >= 11 is 0. The number of benzene rings is 6. The van der Waals surface area contributed by atoms with Crippen LogP contribution in [0.25, 0.3) is 0 Å². The molecule has 6 aromatic carbocycles. The van der Waals surface area contributed by atoms with Crippen LogP contribution in [0.2, 0.25) is 0 Å². The van der Waals surface area contributed by atoms with Gasteiger partial charge in [-0.05, 0) is 53.6 Å². The first-order valence-corrected chi connectivity index (χ1v) is 19.3. The molecular formula is C45H36O18. The molecule has 14 N–H and O–H groups in total. The molecule has 4 aliphatic rings. The highest BCUT2D eigenvalue weighted by Gasteiger charge is 2.61. The molecule has 324 valence electrons. The minimum Gasteiger partial charge on any atom is -0.508 e. The van der Waals surface area contributed by atoms with Crippen molar-refractivity contribution >= 4 is 0 Å². The minimum atomic E-state index is -2.31. The topological polar surface area (TPSA) is 320 Å². The van der Waals surface area contributed by atoms with Gasteiger partial charge in [-0.15, -0.1) is 0 Å². The highest BCUT2D eigenvalue weighted by atomic mass is 16.7. The summed E-state index contributed by atoms with van der Waals surface area (Å²) in [5.74, 6) is -12.6. The largest absolute Gasteiger partial charge is 0.508 e. The van der Waals surface area contributed by atoms with Crippen LogP contribution < -0.4 is 18.9 Å². The first kappa shape index (κ1) is 39.3. The van der Waals surface area contributed by atoms with Gasteiger partial charge in [-0.3, -0.25) is 0 Å². The summed E-state index contributed by atoms with van der Waals surface area (Å²) in [6.07, 6.45) is -8.29. The molecule has 0 fully saturated rings. The van der Waals surface area contributed by atoms with Crippen molar-refractivity contribution in [3.8, 4) is 86.2 Å². The molecule has 0 spiro atoms. The predicted molar refractivity (Wildman–Crippen MR) is 212 cm³/mol. The Morgan fingerprint density at radius 3 is 1.62 bits per heavy atom. The Balaban J connectivity index is 1.25. The van der Waals surface area contributed by atoms with Crippen molar-refractivity contribution < 1.29 is 90.4 Å². The van der Waals surface area contributed by atoms with E-state index in [9.17, 15) is 71.5 Å². The zero-order valence-corrected chi connectivity index (χ0v) is 32.1. The quantitative estimate of drug-likeness (QED) is 0.110. The van der Waals surface area contributed by atoms with Gasteiger partial charge in [0.2, 0.25) is 0 Å². The number of ether oxygens (including phenoxy) is 4. The van der Waals surface area contributed by atoms with Gasteiger partial charge in [-0.2, -0.15) is 0 Å². The van der Waals surface area contributed by atoms with Gasteiger partial charge in [0.1, 0.15) is 70.1 Å². The molecule has 6 aromatic rings. The molecule has 0 aromatic heterocycles. The number of aliphatic hydroxyl groups excluding tert-OH is 3. The highest BCUT2D eigenvalue weighted by Crippen LogP contribution is 2.65. The van der Waals surface area contributed by atoms with Crippen molar-refractivity contribution in [2.75, 3.05) is 0 Å². The third-order valence-corrected chi connectivity index (χ3v) is 12.2. The summed E-state index contributed by atoms with van der Waals surface area (Å²) in [7, 11) is 0. The van der Waals surface area contributed by atoms with Crippen LogP contribution in [0, 0.1) is 0 Å². The summed E-state index contributed by atoms with van der Waals surface area (Å²) in [5, 5.41) is 155. The van der Waals surface area contributed by atoms with E-state index < -0.39 is 111 Å². The minimum absolute atomic E-state index is 0.0325. The van der Waals surface area contributed by atoms with Crippen molar-refractivity contribution in [1.29, 1.82) is 0 Å². The van der Waals surface area contributed by atoms with Crippen LogP contribution >= 0.6 is 0 Å². The van der Waals surface area contributed by atoms with E-state index in [1.807, 2.05) is 0 Å². The lowest BCUT2D eigenvalue weighted by Crippen LogP contribution is -2.57. The molecule has 63 heavy (non-hydrogen) atoms. The number of rotatable bonds is 4. The predicted octanol–water partition coefficient (Wildman–Crippen LogP) is 4.24. The third-order valence-electron chi connectivity index (χ3n) is 12.2. The average molecular weight is 865 g/mol. The van der Waals surface area contributed by atoms with Crippen molar-refractivity contribution in [1.82, 2.24) is 0 Å². The Kier molecular flexibility index (Phi) is 8.49. The molecule has 18 heteroatoms. The summed E-state index contributed by atoms with van der Waals surface area (Å²) in [4.78, 5) is 0. The number of aromatic hydroxyl groups is 11. The lowest BCUT2D eigenvalue weighted by molar-refractivity contribution is -0.219. The van der Waals surface area contributed by atoms with Gasteiger partial charge >= 0.3 is 5.79 Å². The summed E-state index contributed by atoms with van der Waals surface area (Å²) in [6.45, 7) is 0. The molecule has 10 rings (SSSR count). The summed E-state index contributed by atoms with van der Waals surface area (Å²) in [6, 6.07) is 14.8. The lowest BCUT2D eigenvalue weighted by Gasteiger charge is -2.51. The maximum atomic E-state index is 12.5. The molecule has 0 radical (unpaired) electrons. The Morgan fingerprint density at radius 1 is 0.444 bits per heavy atom. The fourth-order valence-corrected chi connectivity index (χ4v) is 9.32. The standard InChI is InChI=1S/C45H36O18/c46-18-10-27(54)33-31(11-18)62-45(17-3-6-22(49)26(53)9-17)44(59)38(33)36-32(63-45)14-29(56)35-37(39(58)41(61-43(35)36)16-2-5-21(48)25(52)8-16)34-28(55)13-23(50)19-12-30(57)40(60-42(19)34)15-1-4-20(47)24(51)7-15/h1-11,13-14,30,37-41,44,46-59H,12H2/t30-,37+,38+,39-,40-,41+,44+,45-/m0/s1. The molecule has 0 saturated heterocycles. The van der Waals surface area contributed by atoms with E-state index in [1.165, 1.54) is 18.2 Å². The van der Waals surface area contributed by atoms with Crippen molar-refractivity contribution in [3.05, 3.63) is 123 Å². The van der Waals surface area contributed by atoms with Gasteiger partial charge in [-0.25, -0.2) is 0 Å². The fourth-order valence-electron chi connectivity index (χ4n) is 9.32. The number of fused-ring (bicyclic) bond motifs is 9. The van der Waals surface area contributed by atoms with Gasteiger partial charge in [0.25, 0.3) is 0 Å². The highest BCUT2D eigenvalue weighted by molar-refractivity contribution is 5.72. The monoisotopic (exact) mass is 864 g/mol. The Bertz CT molecular complexity index is 2910. The second-order valence-electron chi connectivity index (χ2n) is 15.9. The van der Waals surface area contributed by atoms with E-state index in [0.29, 0.717) is 0 Å². The third kappa shape index (κ3) is 5.68. The maximum Gasteiger partial charge on any atom is 0.305 e. The van der Waals surface area contributed by atoms with E-state index in [0.717, 1.165) is 60.7 Å². The zero-order valence-electron chi connectivity index (χ0n) is 32.1. The van der Waals surface area contributed by atoms with E-state index in [2.05, 4.69) is 0 Å². The molecule has 0 saturated carbocycles. The van der Waals surface area contributed by atoms with Crippen molar-refractivity contribution in [3.63, 3.8) is 0 Å². The number of phenolic OH excluding ortho intramolecular Hbond substituents is 11. The molecule has 0 unspecified atom stereocenters. The normalized spacial score (nSPS) is 25.2. The second-order valence-corrected chi connectivity index (χ2v) is 15.9. The lowest BCUT2D eigenvalue weighted by atomic mass is 9.71. The maximum absolute atomic E-state index is 12.5. The second kappa shape index (κ2) is 13.6. The van der Waals surface area contributed by atoms with E-state index >= 15 is 0 Å². The van der Waals surface area contributed by atoms with Crippen LogP contribution in [0.3, 0.4) is 0 Å². The van der Waals surface area contributed by atoms with E-state index in [4.69, 9.17) is 18.9 Å². The summed E-state index contributed by atoms with van der Waals surface area (Å²) in [5.41, 5.74) is -0.583. The number of phenols is 11. The smallest absolute Gasteiger partial charge is 0.305 e. The van der Waals surface area contributed by atoms with Gasteiger partial charge in [0, 0.05) is 64.1 Å². The first-order chi connectivity index (χ1) is 30.0. The average Bonchev–Trinajstić information content (AvgIpc) is 3.22. The number of hydrogen-bond donors (Lipinski definition) is 14. The first-order valence-electron chi connectivity index (χ1n) is 19.3. The van der Waals surface area contributed by atoms with Gasteiger partial charge in [-0.1, -0.05) is 12.1 Å². The number of aliphatic hydroxyl groups is 3. The molecule has 4 heterocycles. The molecule has 4 aliphatic heterocycles. The van der Waals surface area contributed by atoms with Crippen LogP contribution in [0.4, 0.5) is 0 Å². The zero-order chi connectivity index (χ0) is 44.5. The van der Waals surface area contributed by atoms with Gasteiger partial charge in [0.15, 0.2) is 40.6 Å². The van der Waals surface area contributed by atoms with Crippen LogP contribution in [0.1, 0.15) is 68.6 Å². The molecule has 8 atom stereocenters. The Morgan fingerprint density at radius 2 is 0.984 bits per heavy atom. The number of hydrogen-bond acceptors (Lipinski definition) is 18. The van der Waals surface area contributed by atoms with E-state index in [-0.39, 0.29) is 73.9 Å². The van der Waals surface area contributed by atoms with Gasteiger partial charge < -0.3 is 90.4 Å². The molecule has 0 amide bonds. The van der Waals surface area contributed by atoms with Crippen LogP contribution in [-0.2, 0) is 12.2 Å². The van der Waals surface area contributed by atoms with Crippen LogP contribution in [0.5, 0.6) is 86.2 Å². The van der Waals surface area contributed by atoms with Crippen molar-refractivity contribution in [2.45, 2.75) is 54.6 Å². The Hall–Kier alpha value is -7.80. The molecule has 0 aliphatic carbocycles. The summed E-state index contributed by atoms with van der Waals surface area (Å²) < 4.78 is 25.6. The Labute approximate surface area is 354 Å². The molecule has 18 nitrogen and oxygen atoms in total. The SMILES string of the molecule is Oc1cc(O)c2c(c1)O[C@@]1(c3ccc(O)c(O)c3)Oc3cc(O)c4c(c3[C@@H]2[C@H]1O)O[C@H](c1ccc(O)c(O)c1)[C@@H](O)[C@@H]4c1c(O)cc(O)c2c1O[C@@H](c1ccc(O)c(O)c1)[C@@H](O)C2. The van der Waals surface area contributed by atoms with E-state index in [1.54, 1.807) is 0 Å². The molecular weight excluding hydrogens is 828 g/mol. The van der Waals surface area contributed by atoms with Crippen LogP contribution in [-0.4, -0.2) is 89.8 Å². The van der Waals surface area contributed by atoms with Crippen molar-refractivity contribution in [2.24, 2.45) is 0 Å². The molecule has 2 bridgehead atoms. The fraction of sp³-hybridized carbons (Fsp3) is 0.200. The van der Waals surface area contributed by atoms with Crippen LogP contribution in [0.15, 0.2) is 78.9 Å². The van der Waals surface area contributed by atoms with Gasteiger partial charge in [0.05, 0.1) is 17.9 Å².